The van der Waals surface area contributed by atoms with E-state index in [-0.39, 0.29) is 18.1 Å². The van der Waals surface area contributed by atoms with Gasteiger partial charge in [-0.1, -0.05) is 29.6 Å². The standard InChI is InChI=1S/C21H22N4OS/c1-12(2)26-19-9-6-13(10-14(19)11-22)20-24-25-21(27-20)17-5-3-4-16-15(17)7-8-18(16)23/h3-6,9-10,12,15,17-18H,7-8,23H2,1-2H3/t15?,17?,18-/m0/s1. The van der Waals surface area contributed by atoms with Crippen LogP contribution in [0, 0.1) is 17.2 Å². The first kappa shape index (κ1) is 17.9. The normalized spacial score (nSPS) is 23.8. The quantitative estimate of drug-likeness (QED) is 0.862. The number of rotatable bonds is 4. The lowest BCUT2D eigenvalue weighted by molar-refractivity contribution is 0.242. The first-order valence-corrected chi connectivity index (χ1v) is 10.1. The molecule has 6 heteroatoms. The Kier molecular flexibility index (Phi) is 4.81. The molecule has 1 aromatic heterocycles. The molecule has 4 rings (SSSR count). The molecule has 0 spiro atoms. The van der Waals surface area contributed by atoms with Crippen LogP contribution in [0.1, 0.15) is 43.2 Å². The fourth-order valence-corrected chi connectivity index (χ4v) is 4.85. The summed E-state index contributed by atoms with van der Waals surface area (Å²) in [6.07, 6.45) is 8.60. The van der Waals surface area contributed by atoms with Crippen molar-refractivity contribution in [1.82, 2.24) is 10.2 Å². The van der Waals surface area contributed by atoms with Crippen LogP contribution in [0.3, 0.4) is 0 Å². The first-order valence-electron chi connectivity index (χ1n) is 9.25. The first-order chi connectivity index (χ1) is 13.1. The third kappa shape index (κ3) is 3.41. The number of nitrogens with two attached hydrogens (primary N) is 1. The van der Waals surface area contributed by atoms with Crippen LogP contribution in [-0.2, 0) is 0 Å². The highest BCUT2D eigenvalue weighted by atomic mass is 32.1. The van der Waals surface area contributed by atoms with E-state index < -0.39 is 0 Å². The summed E-state index contributed by atoms with van der Waals surface area (Å²) in [7, 11) is 0. The molecule has 27 heavy (non-hydrogen) atoms. The lowest BCUT2D eigenvalue weighted by atomic mass is 9.84. The Morgan fingerprint density at radius 1 is 1.30 bits per heavy atom. The van der Waals surface area contributed by atoms with Gasteiger partial charge in [0.05, 0.1) is 11.7 Å². The highest BCUT2D eigenvalue weighted by Crippen LogP contribution is 2.45. The number of benzene rings is 1. The van der Waals surface area contributed by atoms with Crippen molar-refractivity contribution in [3.8, 4) is 22.4 Å². The molecule has 1 fully saturated rings. The summed E-state index contributed by atoms with van der Waals surface area (Å²) in [6, 6.07) is 7.99. The van der Waals surface area contributed by atoms with Crippen molar-refractivity contribution < 1.29 is 4.74 Å². The van der Waals surface area contributed by atoms with Gasteiger partial charge in [0.25, 0.3) is 0 Å². The summed E-state index contributed by atoms with van der Waals surface area (Å²) in [5.41, 5.74) is 8.97. The molecule has 1 saturated carbocycles. The van der Waals surface area contributed by atoms with Gasteiger partial charge in [0, 0.05) is 17.5 Å². The topological polar surface area (TPSA) is 84.8 Å². The van der Waals surface area contributed by atoms with Crippen molar-refractivity contribution in [3.05, 3.63) is 52.6 Å². The number of ether oxygens (including phenoxy) is 1. The molecule has 2 aromatic rings. The summed E-state index contributed by atoms with van der Waals surface area (Å²) < 4.78 is 5.70. The van der Waals surface area contributed by atoms with Gasteiger partial charge in [-0.3, -0.25) is 0 Å². The second-order valence-corrected chi connectivity index (χ2v) is 8.31. The van der Waals surface area contributed by atoms with E-state index in [0.717, 1.165) is 28.4 Å². The summed E-state index contributed by atoms with van der Waals surface area (Å²) in [4.78, 5) is 0. The summed E-state index contributed by atoms with van der Waals surface area (Å²) in [5, 5.41) is 20.1. The SMILES string of the molecule is CC(C)Oc1ccc(-c2nnc(C3C=CC=C4C3CC[C@@H]4N)s2)cc1C#N. The minimum absolute atomic E-state index is 0.0224. The average Bonchev–Trinajstić information content (AvgIpc) is 3.29. The van der Waals surface area contributed by atoms with Crippen LogP contribution >= 0.6 is 11.3 Å². The third-order valence-electron chi connectivity index (χ3n) is 5.12. The zero-order chi connectivity index (χ0) is 19.0. The van der Waals surface area contributed by atoms with Gasteiger partial charge in [0.15, 0.2) is 0 Å². The molecule has 1 aromatic carbocycles. The Morgan fingerprint density at radius 2 is 2.15 bits per heavy atom. The number of fused-ring (bicyclic) bond motifs is 1. The molecule has 0 bridgehead atoms. The fourth-order valence-electron chi connectivity index (χ4n) is 3.87. The van der Waals surface area contributed by atoms with E-state index in [1.165, 1.54) is 5.57 Å². The lowest BCUT2D eigenvalue weighted by Crippen LogP contribution is -2.22. The molecular formula is C21H22N4OS. The van der Waals surface area contributed by atoms with Gasteiger partial charge in [-0.2, -0.15) is 5.26 Å². The molecular weight excluding hydrogens is 356 g/mol. The van der Waals surface area contributed by atoms with Crippen LogP contribution in [0.4, 0.5) is 0 Å². The second kappa shape index (κ2) is 7.26. The second-order valence-electron chi connectivity index (χ2n) is 7.30. The molecule has 138 valence electrons. The molecule has 2 unspecified atom stereocenters. The maximum absolute atomic E-state index is 9.45. The Balaban J connectivity index is 1.61. The predicted octanol–water partition coefficient (Wildman–Crippen LogP) is 4.18. The summed E-state index contributed by atoms with van der Waals surface area (Å²) >= 11 is 1.59. The molecule has 1 heterocycles. The average molecular weight is 379 g/mol. The zero-order valence-corrected chi connectivity index (χ0v) is 16.2. The van der Waals surface area contributed by atoms with Crippen molar-refractivity contribution in [1.29, 1.82) is 5.26 Å². The Bertz CT molecular complexity index is 953. The highest BCUT2D eigenvalue weighted by Gasteiger charge is 2.36. The lowest BCUT2D eigenvalue weighted by Gasteiger charge is -2.23. The van der Waals surface area contributed by atoms with Crippen molar-refractivity contribution in [2.45, 2.75) is 44.8 Å². The van der Waals surface area contributed by atoms with Crippen LogP contribution in [0.25, 0.3) is 10.6 Å². The van der Waals surface area contributed by atoms with Crippen LogP contribution in [0.5, 0.6) is 5.75 Å². The van der Waals surface area contributed by atoms with E-state index in [1.807, 2.05) is 32.0 Å². The van der Waals surface area contributed by atoms with Crippen LogP contribution < -0.4 is 10.5 Å². The monoisotopic (exact) mass is 378 g/mol. The van der Waals surface area contributed by atoms with Crippen molar-refractivity contribution in [2.24, 2.45) is 11.7 Å². The van der Waals surface area contributed by atoms with Gasteiger partial charge in [0.1, 0.15) is 21.8 Å². The number of nitriles is 1. The summed E-state index contributed by atoms with van der Waals surface area (Å²) in [5.74, 6) is 1.27. The molecule has 3 atom stereocenters. The van der Waals surface area contributed by atoms with E-state index >= 15 is 0 Å². The predicted molar refractivity (Wildman–Crippen MR) is 106 cm³/mol. The maximum atomic E-state index is 9.45. The van der Waals surface area contributed by atoms with E-state index in [2.05, 4.69) is 34.5 Å². The number of allylic oxidation sites excluding steroid dienone is 3. The number of aromatic nitrogens is 2. The van der Waals surface area contributed by atoms with Crippen LogP contribution in [0.2, 0.25) is 0 Å². The Morgan fingerprint density at radius 3 is 2.93 bits per heavy atom. The number of nitrogens with zero attached hydrogens (tertiary/aromatic N) is 3. The summed E-state index contributed by atoms with van der Waals surface area (Å²) in [6.45, 7) is 3.89. The largest absolute Gasteiger partial charge is 0.490 e. The molecule has 0 saturated heterocycles. The van der Waals surface area contributed by atoms with Crippen molar-refractivity contribution >= 4 is 11.3 Å². The van der Waals surface area contributed by atoms with Gasteiger partial charge >= 0.3 is 0 Å². The fraction of sp³-hybridized carbons (Fsp3) is 0.381. The number of hydrogen-bond acceptors (Lipinski definition) is 6. The molecule has 0 radical (unpaired) electrons. The molecule has 2 N–H and O–H groups in total. The van der Waals surface area contributed by atoms with Gasteiger partial charge in [-0.15, -0.1) is 10.2 Å². The van der Waals surface area contributed by atoms with Gasteiger partial charge < -0.3 is 10.5 Å². The zero-order valence-electron chi connectivity index (χ0n) is 15.4. The molecule has 0 amide bonds. The maximum Gasteiger partial charge on any atom is 0.147 e. The van der Waals surface area contributed by atoms with Crippen molar-refractivity contribution in [2.75, 3.05) is 0 Å². The van der Waals surface area contributed by atoms with E-state index in [1.54, 1.807) is 11.3 Å². The van der Waals surface area contributed by atoms with Gasteiger partial charge in [0.2, 0.25) is 0 Å². The Hall–Kier alpha value is -2.49. The molecule has 5 nitrogen and oxygen atoms in total. The van der Waals surface area contributed by atoms with Gasteiger partial charge in [-0.25, -0.2) is 0 Å². The smallest absolute Gasteiger partial charge is 0.147 e. The Labute approximate surface area is 163 Å². The minimum atomic E-state index is 0.0224. The molecule has 0 aliphatic heterocycles. The highest BCUT2D eigenvalue weighted by molar-refractivity contribution is 7.14. The molecule has 2 aliphatic carbocycles. The molecule has 2 aliphatic rings. The van der Waals surface area contributed by atoms with Crippen molar-refractivity contribution in [3.63, 3.8) is 0 Å². The third-order valence-corrected chi connectivity index (χ3v) is 6.19. The van der Waals surface area contributed by atoms with Crippen LogP contribution in [-0.4, -0.2) is 22.3 Å². The van der Waals surface area contributed by atoms with E-state index in [0.29, 0.717) is 17.2 Å². The number of hydrogen-bond donors (Lipinski definition) is 1. The van der Waals surface area contributed by atoms with Crippen LogP contribution in [0.15, 0.2) is 42.0 Å². The van der Waals surface area contributed by atoms with E-state index in [9.17, 15) is 5.26 Å². The van der Waals surface area contributed by atoms with Gasteiger partial charge in [-0.05, 0) is 56.4 Å². The van der Waals surface area contributed by atoms with E-state index in [4.69, 9.17) is 10.5 Å². The minimum Gasteiger partial charge on any atom is -0.490 e.